The molecule has 3 aromatic carbocycles. The second kappa shape index (κ2) is 9.44. The molecule has 2 aliphatic heterocycles. The van der Waals surface area contributed by atoms with Crippen molar-refractivity contribution in [1.82, 2.24) is 0 Å². The maximum Gasteiger partial charge on any atom is 0.421 e. The van der Waals surface area contributed by atoms with E-state index in [0.717, 1.165) is 10.5 Å². The van der Waals surface area contributed by atoms with Crippen molar-refractivity contribution in [3.05, 3.63) is 95.6 Å². The van der Waals surface area contributed by atoms with Crippen LogP contribution in [0.1, 0.15) is 64.7 Å². The average Bonchev–Trinajstić information content (AvgIpc) is 3.32. The minimum Gasteiger partial charge on any atom is -0.443 e. The number of rotatable bonds is 3. The van der Waals surface area contributed by atoms with Crippen molar-refractivity contribution < 1.29 is 23.9 Å². The largest absolute Gasteiger partial charge is 0.443 e. The highest BCUT2D eigenvalue weighted by molar-refractivity contribution is 6.28. The molecule has 1 fully saturated rings. The number of benzene rings is 3. The minimum atomic E-state index is -1.60. The number of amides is 4. The van der Waals surface area contributed by atoms with Gasteiger partial charge in [0.1, 0.15) is 11.0 Å². The van der Waals surface area contributed by atoms with Gasteiger partial charge in [-0.15, -0.1) is 0 Å². The zero-order valence-electron chi connectivity index (χ0n) is 23.7. The van der Waals surface area contributed by atoms with E-state index >= 15 is 0 Å². The molecule has 0 unspecified atom stereocenters. The van der Waals surface area contributed by atoms with Crippen LogP contribution in [0.25, 0.3) is 0 Å². The Morgan fingerprint density at radius 2 is 1.38 bits per heavy atom. The molecule has 2 atom stereocenters. The summed E-state index contributed by atoms with van der Waals surface area (Å²) in [6.07, 6.45) is -1.01. The zero-order valence-corrected chi connectivity index (χ0v) is 23.7. The monoisotopic (exact) mass is 538 g/mol. The van der Waals surface area contributed by atoms with Crippen LogP contribution in [0.4, 0.5) is 16.2 Å². The molecule has 3 aromatic rings. The van der Waals surface area contributed by atoms with E-state index in [1.807, 2.05) is 39.0 Å². The van der Waals surface area contributed by atoms with Gasteiger partial charge in [-0.2, -0.15) is 0 Å². The van der Waals surface area contributed by atoms with Crippen LogP contribution in [0.3, 0.4) is 0 Å². The molecule has 0 saturated carbocycles. The normalized spacial score (nSPS) is 21.1. The molecule has 0 aromatic heterocycles. The van der Waals surface area contributed by atoms with Gasteiger partial charge < -0.3 is 4.74 Å². The molecule has 7 heteroatoms. The molecular weight excluding hydrogens is 504 g/mol. The molecule has 0 N–H and O–H groups in total. The smallest absolute Gasteiger partial charge is 0.421 e. The summed E-state index contributed by atoms with van der Waals surface area (Å²) in [5.41, 5.74) is -0.0540. The standard InChI is InChI=1S/C33H34N2O5/c1-31(2,3)22-16-10-12-18-25(22)34-27(36)20-24(28(34)37)33(21-14-8-7-9-15-21)23-17-11-13-19-26(23)35(29(33)38)30(39)40-32(4,5)6/h7-19,24H,20H2,1-6H3/t24-,33-/m0/s1. The number of nitrogens with zero attached hydrogens (tertiary/aromatic N) is 2. The van der Waals surface area contributed by atoms with E-state index in [1.165, 1.54) is 4.90 Å². The molecule has 0 spiro atoms. The highest BCUT2D eigenvalue weighted by Crippen LogP contribution is 2.54. The van der Waals surface area contributed by atoms with Crippen LogP contribution in [-0.2, 0) is 30.0 Å². The zero-order chi connectivity index (χ0) is 29.0. The van der Waals surface area contributed by atoms with Gasteiger partial charge in [-0.1, -0.05) is 87.5 Å². The summed E-state index contributed by atoms with van der Waals surface area (Å²) in [6.45, 7) is 11.3. The first-order valence-electron chi connectivity index (χ1n) is 13.5. The lowest BCUT2D eigenvalue weighted by Crippen LogP contribution is -2.51. The molecule has 2 aliphatic rings. The summed E-state index contributed by atoms with van der Waals surface area (Å²) in [6, 6.07) is 23.3. The number of carbonyl (C=O) groups excluding carboxylic acids is 4. The Kier molecular flexibility index (Phi) is 6.44. The molecule has 1 saturated heterocycles. The van der Waals surface area contributed by atoms with Crippen molar-refractivity contribution in [2.24, 2.45) is 5.92 Å². The molecule has 5 rings (SSSR count). The summed E-state index contributed by atoms with van der Waals surface area (Å²) < 4.78 is 5.64. The van der Waals surface area contributed by atoms with Crippen LogP contribution >= 0.6 is 0 Å². The minimum absolute atomic E-state index is 0.186. The summed E-state index contributed by atoms with van der Waals surface area (Å²) >= 11 is 0. The highest BCUT2D eigenvalue weighted by atomic mass is 16.6. The topological polar surface area (TPSA) is 84.0 Å². The molecule has 206 valence electrons. The van der Waals surface area contributed by atoms with Gasteiger partial charge >= 0.3 is 6.09 Å². The van der Waals surface area contributed by atoms with Gasteiger partial charge in [-0.25, -0.2) is 14.6 Å². The molecular formula is C33H34N2O5. The lowest BCUT2D eigenvalue weighted by Gasteiger charge is -2.34. The molecule has 7 nitrogen and oxygen atoms in total. The first-order chi connectivity index (χ1) is 18.8. The van der Waals surface area contributed by atoms with E-state index in [4.69, 9.17) is 4.74 Å². The van der Waals surface area contributed by atoms with Crippen LogP contribution in [0.5, 0.6) is 0 Å². The third kappa shape index (κ3) is 4.21. The molecule has 4 amide bonds. The van der Waals surface area contributed by atoms with Gasteiger partial charge in [-0.3, -0.25) is 14.4 Å². The molecule has 2 heterocycles. The fraction of sp³-hybridized carbons (Fsp3) is 0.333. The van der Waals surface area contributed by atoms with Crippen LogP contribution in [0.2, 0.25) is 0 Å². The van der Waals surface area contributed by atoms with Gasteiger partial charge in [-0.05, 0) is 55.0 Å². The van der Waals surface area contributed by atoms with Crippen molar-refractivity contribution in [1.29, 1.82) is 0 Å². The van der Waals surface area contributed by atoms with Gasteiger partial charge in [0, 0.05) is 6.42 Å². The second-order valence-corrected chi connectivity index (χ2v) is 12.4. The van der Waals surface area contributed by atoms with Gasteiger partial charge in [0.25, 0.3) is 5.91 Å². The first kappa shape index (κ1) is 27.3. The van der Waals surface area contributed by atoms with E-state index in [9.17, 15) is 19.2 Å². The SMILES string of the molecule is CC(C)(C)OC(=O)N1C(=O)[C@](c2ccccc2)([C@H]2CC(=O)N(c3ccccc3C(C)(C)C)C2=O)c2ccccc21. The second-order valence-electron chi connectivity index (χ2n) is 12.4. The molecule has 40 heavy (non-hydrogen) atoms. The van der Waals surface area contributed by atoms with Gasteiger partial charge in [0.05, 0.1) is 17.3 Å². The number of imide groups is 2. The fourth-order valence-electron chi connectivity index (χ4n) is 5.94. The maximum absolute atomic E-state index is 14.7. The number of anilines is 2. The third-order valence-corrected chi connectivity index (χ3v) is 7.54. The first-order valence-corrected chi connectivity index (χ1v) is 13.5. The predicted molar refractivity (Wildman–Crippen MR) is 153 cm³/mol. The number of carbonyl (C=O) groups is 4. The summed E-state index contributed by atoms with van der Waals surface area (Å²) in [5.74, 6) is -2.54. The summed E-state index contributed by atoms with van der Waals surface area (Å²) in [4.78, 5) is 58.5. The Balaban J connectivity index is 1.72. The van der Waals surface area contributed by atoms with Crippen molar-refractivity contribution in [3.8, 4) is 0 Å². The van der Waals surface area contributed by atoms with Gasteiger partial charge in [0.2, 0.25) is 11.8 Å². The lowest BCUT2D eigenvalue weighted by molar-refractivity contribution is -0.130. The Morgan fingerprint density at radius 3 is 2.00 bits per heavy atom. The van der Waals surface area contributed by atoms with E-state index in [-0.39, 0.29) is 17.7 Å². The molecule has 0 aliphatic carbocycles. The highest BCUT2D eigenvalue weighted by Gasteiger charge is 2.64. The lowest BCUT2D eigenvalue weighted by atomic mass is 9.65. The van der Waals surface area contributed by atoms with E-state index in [1.54, 1.807) is 81.4 Å². The maximum atomic E-state index is 14.7. The molecule has 0 bridgehead atoms. The summed E-state index contributed by atoms with van der Waals surface area (Å²) in [7, 11) is 0. The Morgan fingerprint density at radius 1 is 0.800 bits per heavy atom. The average molecular weight is 539 g/mol. The summed E-state index contributed by atoms with van der Waals surface area (Å²) in [5, 5.41) is 0. The Bertz CT molecular complexity index is 1520. The van der Waals surface area contributed by atoms with Crippen LogP contribution in [-0.4, -0.2) is 29.4 Å². The van der Waals surface area contributed by atoms with E-state index in [0.29, 0.717) is 22.5 Å². The quantitative estimate of drug-likeness (QED) is 0.375. The van der Waals surface area contributed by atoms with E-state index in [2.05, 4.69) is 0 Å². The van der Waals surface area contributed by atoms with Crippen molar-refractivity contribution >= 4 is 35.2 Å². The number of ether oxygens (including phenoxy) is 1. The number of fused-ring (bicyclic) bond motifs is 1. The van der Waals surface area contributed by atoms with Gasteiger partial charge in [0.15, 0.2) is 0 Å². The fourth-order valence-corrected chi connectivity index (χ4v) is 5.94. The van der Waals surface area contributed by atoms with Crippen molar-refractivity contribution in [2.75, 3.05) is 9.80 Å². The predicted octanol–water partition coefficient (Wildman–Crippen LogP) is 6.13. The Hall–Kier alpha value is -4.26. The van der Waals surface area contributed by atoms with Crippen LogP contribution < -0.4 is 9.80 Å². The van der Waals surface area contributed by atoms with Crippen molar-refractivity contribution in [3.63, 3.8) is 0 Å². The van der Waals surface area contributed by atoms with Crippen molar-refractivity contribution in [2.45, 2.75) is 64.4 Å². The number of para-hydroxylation sites is 2. The third-order valence-electron chi connectivity index (χ3n) is 7.54. The number of hydrogen-bond acceptors (Lipinski definition) is 5. The number of hydrogen-bond donors (Lipinski definition) is 0. The Labute approximate surface area is 234 Å². The van der Waals surface area contributed by atoms with Crippen LogP contribution in [0.15, 0.2) is 78.9 Å². The molecule has 0 radical (unpaired) electrons. The van der Waals surface area contributed by atoms with E-state index < -0.39 is 34.8 Å². The van der Waals surface area contributed by atoms with Crippen LogP contribution in [0, 0.1) is 5.92 Å².